The summed E-state index contributed by atoms with van der Waals surface area (Å²) >= 11 is 0. The Kier molecular flexibility index (Phi) is 1.17. The monoisotopic (exact) mass is 127 g/mol. The number of hydrogen-bond acceptors (Lipinski definition) is 3. The summed E-state index contributed by atoms with van der Waals surface area (Å²) in [4.78, 5) is 0. The summed E-state index contributed by atoms with van der Waals surface area (Å²) in [7, 11) is 0. The molecule has 1 N–H and O–H groups in total. The van der Waals surface area contributed by atoms with E-state index in [0.29, 0.717) is 6.79 Å². The van der Waals surface area contributed by atoms with E-state index in [2.05, 4.69) is 11.4 Å². The van der Waals surface area contributed by atoms with Crippen LogP contribution in [0.15, 0.2) is 11.8 Å². The van der Waals surface area contributed by atoms with Gasteiger partial charge in [0.2, 0.25) is 0 Å². The molecular formula is C6H9NO2. The van der Waals surface area contributed by atoms with E-state index in [1.807, 2.05) is 0 Å². The minimum absolute atomic E-state index is 0.0544. The number of rotatable bonds is 0. The van der Waals surface area contributed by atoms with E-state index in [-0.39, 0.29) is 6.23 Å². The minimum Gasteiger partial charge on any atom is -0.468 e. The van der Waals surface area contributed by atoms with Gasteiger partial charge in [-0.3, -0.25) is 5.32 Å². The Bertz CT molecular complexity index is 144. The van der Waals surface area contributed by atoms with Crippen LogP contribution < -0.4 is 5.32 Å². The van der Waals surface area contributed by atoms with Crippen molar-refractivity contribution < 1.29 is 9.47 Å². The van der Waals surface area contributed by atoms with Crippen LogP contribution in [0, 0.1) is 0 Å². The fourth-order valence-corrected chi connectivity index (χ4v) is 1.08. The first-order chi connectivity index (χ1) is 4.47. The van der Waals surface area contributed by atoms with Crippen molar-refractivity contribution in [2.75, 3.05) is 13.3 Å². The van der Waals surface area contributed by atoms with Gasteiger partial charge in [0.25, 0.3) is 0 Å². The van der Waals surface area contributed by atoms with Crippen molar-refractivity contribution in [1.82, 2.24) is 5.32 Å². The minimum atomic E-state index is 0.0544. The molecule has 1 fully saturated rings. The first kappa shape index (κ1) is 5.26. The maximum atomic E-state index is 5.16. The molecule has 0 radical (unpaired) electrons. The standard InChI is InChI=1S/C6H9NO2/c1-2-5-6(7-3-1)9-4-8-5/h2,6-7H,1,3-4H2. The van der Waals surface area contributed by atoms with Crippen molar-refractivity contribution in [3.05, 3.63) is 11.8 Å². The van der Waals surface area contributed by atoms with Crippen LogP contribution in [-0.2, 0) is 9.47 Å². The third kappa shape index (κ3) is 0.821. The van der Waals surface area contributed by atoms with E-state index < -0.39 is 0 Å². The average Bonchev–Trinajstić information content (AvgIpc) is 2.33. The summed E-state index contributed by atoms with van der Waals surface area (Å²) in [6.07, 6.45) is 3.18. The normalized spacial score (nSPS) is 32.9. The van der Waals surface area contributed by atoms with E-state index >= 15 is 0 Å². The van der Waals surface area contributed by atoms with Crippen LogP contribution in [0.25, 0.3) is 0 Å². The second-order valence-corrected chi connectivity index (χ2v) is 2.16. The Morgan fingerprint density at radius 3 is 3.56 bits per heavy atom. The molecule has 2 rings (SSSR count). The summed E-state index contributed by atoms with van der Waals surface area (Å²) in [6.45, 7) is 1.40. The predicted octanol–water partition coefficient (Wildman–Crippen LogP) is 0.194. The van der Waals surface area contributed by atoms with Gasteiger partial charge >= 0.3 is 0 Å². The van der Waals surface area contributed by atoms with Crippen LogP contribution in [0.1, 0.15) is 6.42 Å². The van der Waals surface area contributed by atoms with Crippen LogP contribution >= 0.6 is 0 Å². The van der Waals surface area contributed by atoms with Crippen LogP contribution in [0.4, 0.5) is 0 Å². The number of nitrogens with one attached hydrogen (secondary N) is 1. The highest BCUT2D eigenvalue weighted by molar-refractivity contribution is 5.05. The molecule has 3 nitrogen and oxygen atoms in total. The summed E-state index contributed by atoms with van der Waals surface area (Å²) in [5.74, 6) is 0.959. The smallest absolute Gasteiger partial charge is 0.191 e. The van der Waals surface area contributed by atoms with Gasteiger partial charge in [-0.2, -0.15) is 0 Å². The molecule has 1 unspecified atom stereocenters. The molecule has 0 saturated carbocycles. The van der Waals surface area contributed by atoms with Crippen molar-refractivity contribution in [2.45, 2.75) is 12.6 Å². The molecular weight excluding hydrogens is 118 g/mol. The van der Waals surface area contributed by atoms with Crippen molar-refractivity contribution in [3.8, 4) is 0 Å². The molecule has 0 aromatic heterocycles. The maximum absolute atomic E-state index is 5.16. The van der Waals surface area contributed by atoms with Crippen molar-refractivity contribution in [1.29, 1.82) is 0 Å². The first-order valence-corrected chi connectivity index (χ1v) is 3.15. The second-order valence-electron chi connectivity index (χ2n) is 2.16. The predicted molar refractivity (Wildman–Crippen MR) is 31.5 cm³/mol. The zero-order valence-corrected chi connectivity index (χ0v) is 5.09. The zero-order valence-electron chi connectivity index (χ0n) is 5.09. The summed E-state index contributed by atoms with van der Waals surface area (Å²) in [5.41, 5.74) is 0. The summed E-state index contributed by atoms with van der Waals surface area (Å²) in [6, 6.07) is 0. The van der Waals surface area contributed by atoms with Crippen LogP contribution in [0.3, 0.4) is 0 Å². The zero-order chi connectivity index (χ0) is 6.10. The number of hydrogen-bond donors (Lipinski definition) is 1. The lowest BCUT2D eigenvalue weighted by Crippen LogP contribution is -2.33. The van der Waals surface area contributed by atoms with Crippen LogP contribution in [0.5, 0.6) is 0 Å². The molecule has 0 bridgehead atoms. The Morgan fingerprint density at radius 1 is 1.67 bits per heavy atom. The maximum Gasteiger partial charge on any atom is 0.191 e. The van der Waals surface area contributed by atoms with E-state index in [0.717, 1.165) is 18.7 Å². The van der Waals surface area contributed by atoms with Crippen molar-refractivity contribution >= 4 is 0 Å². The van der Waals surface area contributed by atoms with Crippen molar-refractivity contribution in [3.63, 3.8) is 0 Å². The Hall–Kier alpha value is -0.540. The molecule has 0 spiro atoms. The SMILES string of the molecule is C1=C2OCOC2NCC1. The number of fused-ring (bicyclic) bond motifs is 1. The molecule has 0 amide bonds. The summed E-state index contributed by atoms with van der Waals surface area (Å²) < 4.78 is 10.3. The van der Waals surface area contributed by atoms with Crippen molar-refractivity contribution in [2.24, 2.45) is 0 Å². The van der Waals surface area contributed by atoms with Gasteiger partial charge in [0, 0.05) is 6.54 Å². The highest BCUT2D eigenvalue weighted by Crippen LogP contribution is 2.17. The molecule has 1 atom stereocenters. The van der Waals surface area contributed by atoms with Gasteiger partial charge in [0.15, 0.2) is 13.0 Å². The highest BCUT2D eigenvalue weighted by Gasteiger charge is 2.24. The molecule has 50 valence electrons. The van der Waals surface area contributed by atoms with E-state index in [1.54, 1.807) is 0 Å². The molecule has 3 heteroatoms. The van der Waals surface area contributed by atoms with Gasteiger partial charge in [-0.1, -0.05) is 0 Å². The Balaban J connectivity index is 2.16. The van der Waals surface area contributed by atoms with Gasteiger partial charge in [-0.25, -0.2) is 0 Å². The van der Waals surface area contributed by atoms with Gasteiger partial charge in [0.05, 0.1) is 0 Å². The molecule has 0 aromatic rings. The molecule has 1 saturated heterocycles. The van der Waals surface area contributed by atoms with Gasteiger partial charge in [-0.15, -0.1) is 0 Å². The van der Waals surface area contributed by atoms with Crippen LogP contribution in [0.2, 0.25) is 0 Å². The molecule has 2 aliphatic heterocycles. The fourth-order valence-electron chi connectivity index (χ4n) is 1.08. The van der Waals surface area contributed by atoms with Gasteiger partial charge in [-0.05, 0) is 12.5 Å². The third-order valence-corrected chi connectivity index (χ3v) is 1.54. The van der Waals surface area contributed by atoms with E-state index in [4.69, 9.17) is 9.47 Å². The van der Waals surface area contributed by atoms with Crippen LogP contribution in [-0.4, -0.2) is 19.6 Å². The third-order valence-electron chi connectivity index (χ3n) is 1.54. The van der Waals surface area contributed by atoms with Gasteiger partial charge < -0.3 is 9.47 Å². The highest BCUT2D eigenvalue weighted by atomic mass is 16.7. The number of ether oxygens (including phenoxy) is 2. The molecule has 0 aromatic carbocycles. The molecule has 2 heterocycles. The van der Waals surface area contributed by atoms with E-state index in [1.165, 1.54) is 0 Å². The molecule has 9 heavy (non-hydrogen) atoms. The quantitative estimate of drug-likeness (QED) is 0.504. The molecule has 2 aliphatic rings. The average molecular weight is 127 g/mol. The Labute approximate surface area is 53.6 Å². The lowest BCUT2D eigenvalue weighted by atomic mass is 10.2. The fraction of sp³-hybridized carbons (Fsp3) is 0.667. The first-order valence-electron chi connectivity index (χ1n) is 3.15. The molecule has 0 aliphatic carbocycles. The van der Waals surface area contributed by atoms with Gasteiger partial charge in [0.1, 0.15) is 5.76 Å². The summed E-state index contributed by atoms with van der Waals surface area (Å²) in [5, 5.41) is 3.17. The largest absolute Gasteiger partial charge is 0.468 e. The lowest BCUT2D eigenvalue weighted by molar-refractivity contribution is 0.0392. The Morgan fingerprint density at radius 2 is 2.67 bits per heavy atom. The lowest BCUT2D eigenvalue weighted by Gasteiger charge is -2.14. The second kappa shape index (κ2) is 2.01. The van der Waals surface area contributed by atoms with E-state index in [9.17, 15) is 0 Å². The topological polar surface area (TPSA) is 30.5 Å².